The van der Waals surface area contributed by atoms with Crippen LogP contribution in [0, 0.1) is 35.5 Å². The Morgan fingerprint density at radius 2 is 1.36 bits per heavy atom. The van der Waals surface area contributed by atoms with Crippen LogP contribution in [-0.2, 0) is 10.8 Å². The zero-order valence-corrected chi connectivity index (χ0v) is 31.0. The molecule has 0 amide bonds. The molecule has 5 heteroatoms. The molecule has 9 atom stereocenters. The molecule has 4 aliphatic carbocycles. The van der Waals surface area contributed by atoms with Gasteiger partial charge in [0.15, 0.2) is 0 Å². The predicted octanol–water partition coefficient (Wildman–Crippen LogP) is 9.16. The Labute approximate surface area is 265 Å². The maximum absolute atomic E-state index is 4.12. The normalized spacial score (nSPS) is 77.3. The molecule has 9 unspecified atom stereocenters. The predicted molar refractivity (Wildman–Crippen MR) is 187 cm³/mol. The van der Waals surface area contributed by atoms with E-state index in [0.29, 0.717) is 10.3 Å². The summed E-state index contributed by atoms with van der Waals surface area (Å²) in [6, 6.07) is 12.8. The van der Waals surface area contributed by atoms with Crippen molar-refractivity contribution in [2.45, 2.75) is 128 Å². The van der Waals surface area contributed by atoms with E-state index in [1.54, 1.807) is 38.3 Å². The van der Waals surface area contributed by atoms with Crippen molar-refractivity contribution in [3.05, 3.63) is 35.9 Å². The second-order valence-electron chi connectivity index (χ2n) is 23.4. The first-order chi connectivity index (χ1) is 21.5. The first kappa shape index (κ1) is 24.6. The fourth-order valence-electron chi connectivity index (χ4n) is 29.1. The zero-order chi connectivity index (χ0) is 29.5. The van der Waals surface area contributed by atoms with Crippen molar-refractivity contribution < 1.29 is 6.51 Å². The number of rotatable bonds is 7. The average Bonchev–Trinajstić information content (AvgIpc) is 3.82. The second-order valence-corrected chi connectivity index (χ2v) is 50.5. The molecule has 1 aromatic rings. The topological polar surface area (TPSA) is 24.1 Å². The summed E-state index contributed by atoms with van der Waals surface area (Å²) in [5.41, 5.74) is 3.07. The van der Waals surface area contributed by atoms with Crippen LogP contribution in [0.4, 0.5) is 0 Å². The minimum absolute atomic E-state index is 0.0422. The van der Waals surface area contributed by atoms with Gasteiger partial charge in [0.05, 0.1) is 0 Å². The van der Waals surface area contributed by atoms with E-state index in [0.717, 1.165) is 54.1 Å². The van der Waals surface area contributed by atoms with Crippen molar-refractivity contribution in [1.82, 2.24) is 10.6 Å². The van der Waals surface area contributed by atoms with Crippen LogP contribution >= 0.6 is 17.2 Å². The van der Waals surface area contributed by atoms with Crippen molar-refractivity contribution in [2.24, 2.45) is 35.5 Å². The van der Waals surface area contributed by atoms with Gasteiger partial charge < -0.3 is 0 Å². The number of fused-ring (bicyclic) bond motifs is 10. The summed E-state index contributed by atoms with van der Waals surface area (Å²) < 4.78 is 2.51. The summed E-state index contributed by atoms with van der Waals surface area (Å²) in [5, 5.41) is 9.04. The molecule has 0 aromatic heterocycles. The van der Waals surface area contributed by atoms with E-state index in [4.69, 9.17) is 0 Å². The van der Waals surface area contributed by atoms with Gasteiger partial charge in [-0.1, -0.05) is 0 Å². The van der Waals surface area contributed by atoms with Crippen LogP contribution in [-0.4, -0.2) is 48.3 Å². The Hall–Kier alpha value is 0.519. The van der Waals surface area contributed by atoms with Crippen LogP contribution < -0.4 is 10.6 Å². The second kappa shape index (κ2) is 4.15. The van der Waals surface area contributed by atoms with Gasteiger partial charge in [-0.05, 0) is 0 Å². The Kier molecular flexibility index (Phi) is 2.27. The van der Waals surface area contributed by atoms with Crippen molar-refractivity contribution in [2.75, 3.05) is 32.3 Å². The molecule has 17 rings (SSSR count). The van der Waals surface area contributed by atoms with Crippen molar-refractivity contribution in [3.8, 4) is 0 Å². The number of hydrogen-bond donors (Lipinski definition) is 2. The molecule has 2 N–H and O–H groups in total. The molecule has 12 heterocycles. The standard InChI is InChI=1S/C35H51N2P2.C5H5.Fe/c1-34(2,3)39(33-27-14-23-13-24(16-27)17-28(33)15-23)22-29-18-26(25-7-5-4-6-8-25)19-32(29)35(38,30-9-11-36-20-30)31-10-12-37-21-31;1-2-4-5-3-1;/h4-8,18-19,23-24,27-28,30-31,33,36-37H,9-17,20-22,38H2,1-3H3;1-5H;. The third-order valence-corrected chi connectivity index (χ3v) is 76.4. The van der Waals surface area contributed by atoms with Crippen molar-refractivity contribution in [1.29, 1.82) is 0 Å². The van der Waals surface area contributed by atoms with Gasteiger partial charge in [0.1, 0.15) is 0 Å². The SMILES string of the molecule is CC(C)(C)P(C[C]12[CH]3[C]4(c5ccccc5)[CH]5[C]1(C(P)(C1CCNC1)C1CCNC1)[Fe]35421678[CH]2[CH]1[CH]6[CH]7[CH]28)C1C2CC3CC(C2)CC1C3. The number of nitrogens with one attached hydrogen (secondary N) is 2. The molecule has 1 aromatic carbocycles. The van der Waals surface area contributed by atoms with Crippen LogP contribution in [0.1, 0.15) is 71.3 Å². The van der Waals surface area contributed by atoms with Gasteiger partial charge in [0.25, 0.3) is 0 Å². The Morgan fingerprint density at radius 1 is 0.800 bits per heavy atom. The Morgan fingerprint density at radius 3 is 1.82 bits per heavy atom. The average molecular weight is 683 g/mol. The fourth-order valence-corrected chi connectivity index (χ4v) is 119. The van der Waals surface area contributed by atoms with E-state index >= 15 is 0 Å². The summed E-state index contributed by atoms with van der Waals surface area (Å²) >= 11 is 0. The Balaban J connectivity index is 0.981. The molecule has 2 nitrogen and oxygen atoms in total. The summed E-state index contributed by atoms with van der Waals surface area (Å²) in [6.45, 7) is 9.47. The van der Waals surface area contributed by atoms with Gasteiger partial charge in [0, 0.05) is 0 Å². The Bertz CT molecular complexity index is 2010. The molecule has 12 saturated heterocycles. The van der Waals surface area contributed by atoms with Crippen LogP contribution in [0.25, 0.3) is 0 Å². The summed E-state index contributed by atoms with van der Waals surface area (Å²) in [7, 11) is 4.06. The monoisotopic (exact) mass is 682 g/mol. The van der Waals surface area contributed by atoms with E-state index in [9.17, 15) is 0 Å². The van der Waals surface area contributed by atoms with Gasteiger partial charge in [-0.2, -0.15) is 0 Å². The zero-order valence-electron chi connectivity index (χ0n) is 27.8. The quantitative estimate of drug-likeness (QED) is 0.222. The first-order valence-electron chi connectivity index (χ1n) is 19.8. The van der Waals surface area contributed by atoms with E-state index in [1.807, 2.05) is 5.56 Å². The van der Waals surface area contributed by atoms with Gasteiger partial charge >= 0.3 is 266 Å². The summed E-state index contributed by atoms with van der Waals surface area (Å²) in [5.74, 6) is 6.28. The van der Waals surface area contributed by atoms with Crippen molar-refractivity contribution >= 4 is 17.2 Å². The van der Waals surface area contributed by atoms with E-state index in [-0.39, 0.29) is 7.92 Å². The molecule has 244 valence electrons. The molecule has 45 heavy (non-hydrogen) atoms. The molecule has 16 aliphatic rings. The molecular weight excluding hydrogens is 626 g/mol. The molecule has 4 saturated carbocycles. The van der Waals surface area contributed by atoms with E-state index in [2.05, 4.69) is 71.0 Å². The molecule has 12 aliphatic heterocycles. The van der Waals surface area contributed by atoms with Gasteiger partial charge in [-0.25, -0.2) is 0 Å². The third kappa shape index (κ3) is 0.728. The van der Waals surface area contributed by atoms with E-state index < -0.39 is 6.51 Å². The van der Waals surface area contributed by atoms with Crippen LogP contribution in [0.3, 0.4) is 0 Å². The summed E-state index contributed by atoms with van der Waals surface area (Å²) in [4.78, 5) is 9.20. The molecule has 0 radical (unpaired) electrons. The fraction of sp³-hybridized carbons (Fsp3) is 0.850. The maximum atomic E-state index is 4.02. The minimum atomic E-state index is -4.12. The van der Waals surface area contributed by atoms with Gasteiger partial charge in [0.2, 0.25) is 0 Å². The third-order valence-electron chi connectivity index (χ3n) is 26.4. The first-order valence-corrected chi connectivity index (χ1v) is 28.0. The van der Waals surface area contributed by atoms with Gasteiger partial charge in [-0.15, -0.1) is 0 Å². The van der Waals surface area contributed by atoms with Gasteiger partial charge in [-0.3, -0.25) is 0 Å². The number of hydrogen-bond acceptors (Lipinski definition) is 2. The van der Waals surface area contributed by atoms with Crippen LogP contribution in [0.5, 0.6) is 0 Å². The molecule has 1 spiro atoms. The summed E-state index contributed by atoms with van der Waals surface area (Å²) in [6.07, 6.45) is 12.9. The van der Waals surface area contributed by atoms with E-state index in [1.165, 1.54) is 72.7 Å². The van der Waals surface area contributed by atoms with Crippen LogP contribution in [0.15, 0.2) is 30.3 Å². The molecule has 16 fully saturated rings. The number of benzene rings is 1. The van der Waals surface area contributed by atoms with Crippen LogP contribution in [0.2, 0.25) is 42.3 Å². The molecular formula is C40H56FeN2P2. The van der Waals surface area contributed by atoms with Crippen molar-refractivity contribution in [3.63, 3.8) is 0 Å². The molecule has 4 bridgehead atoms.